The predicted molar refractivity (Wildman–Crippen MR) is 76.1 cm³/mol. The summed E-state index contributed by atoms with van der Waals surface area (Å²) < 4.78 is 75.6. The van der Waals surface area contributed by atoms with Crippen molar-refractivity contribution >= 4 is 35.8 Å². The molecule has 0 bridgehead atoms. The molecule has 1 aliphatic heterocycles. The second kappa shape index (κ2) is 5.56. The van der Waals surface area contributed by atoms with E-state index in [2.05, 4.69) is 15.9 Å². The van der Waals surface area contributed by atoms with Crippen molar-refractivity contribution in [1.82, 2.24) is 4.31 Å². The van der Waals surface area contributed by atoms with E-state index in [1.807, 2.05) is 0 Å². The van der Waals surface area contributed by atoms with Crippen LogP contribution >= 0.6 is 15.9 Å². The standard InChI is InChI=1S/C11H12BrF2NO4S2/c1-7-6-20(16,17)3-2-15(7)21(18,19)11-9(12)4-8(13)5-10(11)14/h4-5,7H,2-3,6H2,1H3. The van der Waals surface area contributed by atoms with Gasteiger partial charge in [0.1, 0.15) is 16.5 Å². The highest BCUT2D eigenvalue weighted by Crippen LogP contribution is 2.31. The largest absolute Gasteiger partial charge is 0.247 e. The molecule has 0 saturated carbocycles. The molecule has 0 amide bonds. The Balaban J connectivity index is 2.49. The van der Waals surface area contributed by atoms with Crippen LogP contribution in [0.5, 0.6) is 0 Å². The van der Waals surface area contributed by atoms with E-state index in [1.54, 1.807) is 0 Å². The molecule has 1 atom stereocenters. The monoisotopic (exact) mass is 403 g/mol. The Hall–Kier alpha value is -0.580. The van der Waals surface area contributed by atoms with Crippen molar-refractivity contribution in [2.75, 3.05) is 18.1 Å². The second-order valence-corrected chi connectivity index (χ2v) is 9.69. The molecule has 0 N–H and O–H groups in total. The molecule has 1 aliphatic rings. The van der Waals surface area contributed by atoms with Gasteiger partial charge in [0.05, 0.1) is 11.5 Å². The topological polar surface area (TPSA) is 71.5 Å². The molecule has 1 aromatic carbocycles. The number of sulfone groups is 1. The minimum Gasteiger partial charge on any atom is -0.229 e. The minimum atomic E-state index is -4.26. The van der Waals surface area contributed by atoms with E-state index < -0.39 is 42.4 Å². The fourth-order valence-corrected chi connectivity index (χ4v) is 6.75. The number of sulfonamides is 1. The molecule has 0 radical (unpaired) electrons. The Labute approximate surface area is 130 Å². The smallest absolute Gasteiger partial charge is 0.229 e. The van der Waals surface area contributed by atoms with Gasteiger partial charge in [-0.3, -0.25) is 0 Å². The third-order valence-electron chi connectivity index (χ3n) is 3.14. The first-order valence-electron chi connectivity index (χ1n) is 5.91. The Kier molecular flexibility index (Phi) is 4.45. The van der Waals surface area contributed by atoms with E-state index in [0.29, 0.717) is 6.07 Å². The molecule has 21 heavy (non-hydrogen) atoms. The summed E-state index contributed by atoms with van der Waals surface area (Å²) in [5.41, 5.74) is 0. The molecule has 1 fully saturated rings. The molecule has 5 nitrogen and oxygen atoms in total. The van der Waals surface area contributed by atoms with Gasteiger partial charge in [0, 0.05) is 23.1 Å². The fourth-order valence-electron chi connectivity index (χ4n) is 2.23. The third kappa shape index (κ3) is 3.27. The summed E-state index contributed by atoms with van der Waals surface area (Å²) in [6.07, 6.45) is 0. The first-order valence-corrected chi connectivity index (χ1v) is 9.97. The lowest BCUT2D eigenvalue weighted by Gasteiger charge is -2.32. The van der Waals surface area contributed by atoms with Gasteiger partial charge in [0.25, 0.3) is 0 Å². The average Bonchev–Trinajstić information content (AvgIpc) is 2.24. The Morgan fingerprint density at radius 3 is 2.48 bits per heavy atom. The number of hydrogen-bond donors (Lipinski definition) is 0. The van der Waals surface area contributed by atoms with E-state index in [4.69, 9.17) is 0 Å². The lowest BCUT2D eigenvalue weighted by atomic mass is 10.3. The predicted octanol–water partition coefficient (Wildman–Crippen LogP) is 1.53. The van der Waals surface area contributed by atoms with Crippen LogP contribution in [-0.4, -0.2) is 45.2 Å². The van der Waals surface area contributed by atoms with Crippen molar-refractivity contribution < 1.29 is 25.6 Å². The zero-order chi connectivity index (χ0) is 16.0. The number of hydrogen-bond acceptors (Lipinski definition) is 4. The number of rotatable bonds is 2. The number of halogens is 3. The van der Waals surface area contributed by atoms with Crippen LogP contribution in [0.15, 0.2) is 21.5 Å². The average molecular weight is 404 g/mol. The van der Waals surface area contributed by atoms with Gasteiger partial charge in [-0.25, -0.2) is 25.6 Å². The van der Waals surface area contributed by atoms with Gasteiger partial charge in [0.15, 0.2) is 9.84 Å². The highest BCUT2D eigenvalue weighted by molar-refractivity contribution is 9.10. The first-order chi connectivity index (χ1) is 9.54. The SMILES string of the molecule is CC1CS(=O)(=O)CCN1S(=O)(=O)c1c(F)cc(F)cc1Br. The maximum Gasteiger partial charge on any atom is 0.247 e. The van der Waals surface area contributed by atoms with Crippen molar-refractivity contribution in [3.8, 4) is 0 Å². The summed E-state index contributed by atoms with van der Waals surface area (Å²) in [6.45, 7) is 1.18. The van der Waals surface area contributed by atoms with Gasteiger partial charge in [-0.1, -0.05) is 0 Å². The van der Waals surface area contributed by atoms with Crippen molar-refractivity contribution in [1.29, 1.82) is 0 Å². The molecule has 1 aromatic rings. The van der Waals surface area contributed by atoms with Crippen LogP contribution in [0.1, 0.15) is 6.92 Å². The molecule has 0 aromatic heterocycles. The van der Waals surface area contributed by atoms with Gasteiger partial charge in [-0.2, -0.15) is 4.31 Å². The number of benzene rings is 1. The fraction of sp³-hybridized carbons (Fsp3) is 0.455. The molecule has 118 valence electrons. The first kappa shape index (κ1) is 16.8. The molecule has 2 rings (SSSR count). The molecule has 1 saturated heterocycles. The maximum atomic E-state index is 13.8. The van der Waals surface area contributed by atoms with E-state index in [9.17, 15) is 25.6 Å². The summed E-state index contributed by atoms with van der Waals surface area (Å²) in [4.78, 5) is -0.685. The van der Waals surface area contributed by atoms with Gasteiger partial charge >= 0.3 is 0 Å². The van der Waals surface area contributed by atoms with Crippen LogP contribution in [0.3, 0.4) is 0 Å². The summed E-state index contributed by atoms with van der Waals surface area (Å²) in [5.74, 6) is -2.78. The van der Waals surface area contributed by atoms with E-state index >= 15 is 0 Å². The van der Waals surface area contributed by atoms with Crippen LogP contribution < -0.4 is 0 Å². The molecule has 10 heteroatoms. The highest BCUT2D eigenvalue weighted by atomic mass is 79.9. The Morgan fingerprint density at radius 1 is 1.33 bits per heavy atom. The Morgan fingerprint density at radius 2 is 1.95 bits per heavy atom. The van der Waals surface area contributed by atoms with Gasteiger partial charge in [-0.15, -0.1) is 0 Å². The number of nitrogens with zero attached hydrogens (tertiary/aromatic N) is 1. The van der Waals surface area contributed by atoms with Crippen LogP contribution in [0.2, 0.25) is 0 Å². The maximum absolute atomic E-state index is 13.8. The lowest BCUT2D eigenvalue weighted by Crippen LogP contribution is -2.49. The molecule has 1 heterocycles. The van der Waals surface area contributed by atoms with Crippen molar-refractivity contribution in [3.05, 3.63) is 28.2 Å². The van der Waals surface area contributed by atoms with E-state index in [-0.39, 0.29) is 22.5 Å². The molecule has 1 unspecified atom stereocenters. The normalized spacial score (nSPS) is 23.1. The lowest BCUT2D eigenvalue weighted by molar-refractivity contribution is 0.354. The summed E-state index contributed by atoms with van der Waals surface area (Å²) in [6, 6.07) is 0.509. The van der Waals surface area contributed by atoms with Crippen LogP contribution in [-0.2, 0) is 19.9 Å². The zero-order valence-corrected chi connectivity index (χ0v) is 14.1. The molecular weight excluding hydrogens is 392 g/mol. The van der Waals surface area contributed by atoms with Crippen molar-refractivity contribution in [3.63, 3.8) is 0 Å². The van der Waals surface area contributed by atoms with Crippen LogP contribution in [0, 0.1) is 11.6 Å². The molecule has 0 spiro atoms. The minimum absolute atomic E-state index is 0.236. The summed E-state index contributed by atoms with van der Waals surface area (Å²) in [5, 5.41) is 0. The van der Waals surface area contributed by atoms with Gasteiger partial charge in [-0.05, 0) is 28.9 Å². The zero-order valence-electron chi connectivity index (χ0n) is 10.9. The van der Waals surface area contributed by atoms with Gasteiger partial charge < -0.3 is 0 Å². The van der Waals surface area contributed by atoms with Crippen molar-refractivity contribution in [2.45, 2.75) is 17.9 Å². The third-order valence-corrected chi connectivity index (χ3v) is 7.91. The van der Waals surface area contributed by atoms with Crippen molar-refractivity contribution in [2.24, 2.45) is 0 Å². The Bertz CT molecular complexity index is 756. The molecule has 0 aliphatic carbocycles. The van der Waals surface area contributed by atoms with E-state index in [0.717, 1.165) is 10.4 Å². The second-order valence-electron chi connectivity index (χ2n) is 4.78. The summed E-state index contributed by atoms with van der Waals surface area (Å²) >= 11 is 2.84. The van der Waals surface area contributed by atoms with Crippen LogP contribution in [0.4, 0.5) is 8.78 Å². The van der Waals surface area contributed by atoms with E-state index in [1.165, 1.54) is 6.92 Å². The quantitative estimate of drug-likeness (QED) is 0.750. The van der Waals surface area contributed by atoms with Crippen LogP contribution in [0.25, 0.3) is 0 Å². The van der Waals surface area contributed by atoms with Gasteiger partial charge in [0.2, 0.25) is 10.0 Å². The summed E-state index contributed by atoms with van der Waals surface area (Å²) in [7, 11) is -7.57. The molecular formula is C11H12BrF2NO4S2. The highest BCUT2D eigenvalue weighted by Gasteiger charge is 2.38.